The Labute approximate surface area is 191 Å². The van der Waals surface area contributed by atoms with Crippen LogP contribution in [-0.2, 0) is 11.2 Å². The zero-order chi connectivity index (χ0) is 22.8. The van der Waals surface area contributed by atoms with E-state index in [1.54, 1.807) is 5.01 Å². The third kappa shape index (κ3) is 4.58. The molecular weight excluding hydrogens is 398 g/mol. The molecule has 170 valence electrons. The summed E-state index contributed by atoms with van der Waals surface area (Å²) in [7, 11) is 0. The van der Waals surface area contributed by atoms with Gasteiger partial charge < -0.3 is 10.5 Å². The van der Waals surface area contributed by atoms with Crippen LogP contribution in [-0.4, -0.2) is 23.8 Å². The van der Waals surface area contributed by atoms with Gasteiger partial charge in [0.1, 0.15) is 11.4 Å². The zero-order valence-electron chi connectivity index (χ0n) is 19.6. The Morgan fingerprint density at radius 3 is 2.31 bits per heavy atom. The Morgan fingerprint density at radius 1 is 1.03 bits per heavy atom. The van der Waals surface area contributed by atoms with Crippen molar-refractivity contribution >= 4 is 17.3 Å². The number of hydrogen-bond donors (Lipinski definition) is 1. The first-order chi connectivity index (χ1) is 15.3. The van der Waals surface area contributed by atoms with E-state index in [0.717, 1.165) is 62.1 Å². The van der Waals surface area contributed by atoms with Crippen LogP contribution in [0.2, 0.25) is 0 Å². The fourth-order valence-corrected chi connectivity index (χ4v) is 4.76. The molecule has 0 unspecified atom stereocenters. The largest absolute Gasteiger partial charge is 0.487 e. The lowest BCUT2D eigenvalue weighted by atomic mass is 9.78. The summed E-state index contributed by atoms with van der Waals surface area (Å²) in [5, 5.41) is 6.53. The first-order valence-electron chi connectivity index (χ1n) is 11.8. The highest BCUT2D eigenvalue weighted by Gasteiger charge is 2.52. The SMILES string of the molecule is Cc1ccc(N2N=C(CCCc3ccc(OC(C)(C)CN)cc3)C3(CCCC3)C2=O)cc1. The van der Waals surface area contributed by atoms with Gasteiger partial charge >= 0.3 is 0 Å². The molecule has 1 fully saturated rings. The molecule has 0 atom stereocenters. The van der Waals surface area contributed by atoms with E-state index in [-0.39, 0.29) is 16.9 Å². The van der Waals surface area contributed by atoms with E-state index in [1.807, 2.05) is 50.2 Å². The average molecular weight is 434 g/mol. The Balaban J connectivity index is 1.42. The van der Waals surface area contributed by atoms with Gasteiger partial charge in [-0.1, -0.05) is 42.7 Å². The van der Waals surface area contributed by atoms with Crippen molar-refractivity contribution in [1.29, 1.82) is 0 Å². The minimum Gasteiger partial charge on any atom is -0.487 e. The lowest BCUT2D eigenvalue weighted by molar-refractivity contribution is -0.123. The van der Waals surface area contributed by atoms with Crippen molar-refractivity contribution in [3.05, 3.63) is 59.7 Å². The number of carbonyl (C=O) groups excluding carboxylic acids is 1. The molecular formula is C27H35N3O2. The number of hydrazone groups is 1. The van der Waals surface area contributed by atoms with Gasteiger partial charge in [0.05, 0.1) is 16.8 Å². The maximum atomic E-state index is 13.4. The molecule has 1 amide bonds. The molecule has 2 N–H and O–H groups in total. The van der Waals surface area contributed by atoms with Crippen molar-refractivity contribution in [2.45, 2.75) is 71.3 Å². The van der Waals surface area contributed by atoms with Crippen LogP contribution in [0.15, 0.2) is 53.6 Å². The van der Waals surface area contributed by atoms with Crippen LogP contribution in [0.1, 0.15) is 63.5 Å². The van der Waals surface area contributed by atoms with Crippen LogP contribution in [0.3, 0.4) is 0 Å². The predicted molar refractivity (Wildman–Crippen MR) is 130 cm³/mol. The summed E-state index contributed by atoms with van der Waals surface area (Å²) >= 11 is 0. The summed E-state index contributed by atoms with van der Waals surface area (Å²) in [5.74, 6) is 1.01. The third-order valence-electron chi connectivity index (χ3n) is 6.80. The number of hydrogen-bond acceptors (Lipinski definition) is 4. The van der Waals surface area contributed by atoms with Gasteiger partial charge in [-0.15, -0.1) is 0 Å². The van der Waals surface area contributed by atoms with E-state index in [2.05, 4.69) is 19.1 Å². The summed E-state index contributed by atoms with van der Waals surface area (Å²) in [6, 6.07) is 16.3. The molecule has 4 rings (SSSR count). The molecule has 1 aliphatic carbocycles. The molecule has 1 saturated carbocycles. The second kappa shape index (κ2) is 9.07. The Morgan fingerprint density at radius 2 is 1.69 bits per heavy atom. The van der Waals surface area contributed by atoms with E-state index in [4.69, 9.17) is 15.6 Å². The second-order valence-corrected chi connectivity index (χ2v) is 9.85. The predicted octanol–water partition coefficient (Wildman–Crippen LogP) is 5.40. The number of nitrogens with two attached hydrogens (primary N) is 1. The van der Waals surface area contributed by atoms with Gasteiger partial charge in [-0.05, 0) is 82.7 Å². The monoisotopic (exact) mass is 433 g/mol. The highest BCUT2D eigenvalue weighted by atomic mass is 16.5. The zero-order valence-corrected chi connectivity index (χ0v) is 19.6. The van der Waals surface area contributed by atoms with E-state index in [9.17, 15) is 4.79 Å². The number of nitrogens with zero attached hydrogens (tertiary/aromatic N) is 2. The van der Waals surface area contributed by atoms with Gasteiger partial charge in [0, 0.05) is 6.54 Å². The van der Waals surface area contributed by atoms with Gasteiger partial charge in [-0.25, -0.2) is 0 Å². The quantitative estimate of drug-likeness (QED) is 0.606. The molecule has 5 heteroatoms. The van der Waals surface area contributed by atoms with Gasteiger partial charge in [-0.3, -0.25) is 4.79 Å². The summed E-state index contributed by atoms with van der Waals surface area (Å²) in [6.45, 7) is 6.50. The second-order valence-electron chi connectivity index (χ2n) is 9.85. The highest BCUT2D eigenvalue weighted by Crippen LogP contribution is 2.46. The van der Waals surface area contributed by atoms with Crippen molar-refractivity contribution in [3.8, 4) is 5.75 Å². The number of anilines is 1. The minimum atomic E-state index is -0.379. The van der Waals surface area contributed by atoms with Crippen molar-refractivity contribution in [1.82, 2.24) is 0 Å². The molecule has 0 saturated heterocycles. The van der Waals surface area contributed by atoms with Crippen LogP contribution in [0.5, 0.6) is 5.75 Å². The first kappa shape index (κ1) is 22.5. The van der Waals surface area contributed by atoms with Gasteiger partial charge in [0.2, 0.25) is 0 Å². The topological polar surface area (TPSA) is 67.9 Å². The van der Waals surface area contributed by atoms with E-state index in [0.29, 0.717) is 6.54 Å². The molecule has 0 radical (unpaired) electrons. The fourth-order valence-electron chi connectivity index (χ4n) is 4.76. The summed E-state index contributed by atoms with van der Waals surface area (Å²) in [5.41, 5.74) is 9.41. The van der Waals surface area contributed by atoms with Crippen LogP contribution < -0.4 is 15.5 Å². The first-order valence-corrected chi connectivity index (χ1v) is 11.8. The lowest BCUT2D eigenvalue weighted by Crippen LogP contribution is -2.37. The lowest BCUT2D eigenvalue weighted by Gasteiger charge is -2.24. The van der Waals surface area contributed by atoms with Crippen molar-refractivity contribution in [2.75, 3.05) is 11.6 Å². The van der Waals surface area contributed by atoms with Gasteiger partial charge in [0.15, 0.2) is 0 Å². The number of benzene rings is 2. The Bertz CT molecular complexity index is 971. The summed E-state index contributed by atoms with van der Waals surface area (Å²) < 4.78 is 5.94. The normalized spacial score (nSPS) is 17.8. The number of rotatable bonds is 8. The van der Waals surface area contributed by atoms with Crippen molar-refractivity contribution < 1.29 is 9.53 Å². The van der Waals surface area contributed by atoms with E-state index >= 15 is 0 Å². The molecule has 5 nitrogen and oxygen atoms in total. The van der Waals surface area contributed by atoms with Crippen molar-refractivity contribution in [2.24, 2.45) is 16.3 Å². The minimum absolute atomic E-state index is 0.165. The van der Waals surface area contributed by atoms with Crippen molar-refractivity contribution in [3.63, 3.8) is 0 Å². The molecule has 1 aliphatic heterocycles. The standard InChI is InChI=1S/C27H35N3O2/c1-20-9-13-22(14-10-20)30-25(31)27(17-4-5-18-27)24(29-30)8-6-7-21-11-15-23(16-12-21)32-26(2,3)19-28/h9-16H,4-8,17-19,28H2,1-3H3. The van der Waals surface area contributed by atoms with Crippen LogP contribution in [0, 0.1) is 12.3 Å². The fraction of sp³-hybridized carbons (Fsp3) is 0.481. The molecule has 2 aromatic rings. The molecule has 0 aromatic heterocycles. The van der Waals surface area contributed by atoms with Crippen LogP contribution >= 0.6 is 0 Å². The van der Waals surface area contributed by atoms with Crippen LogP contribution in [0.4, 0.5) is 5.69 Å². The molecule has 0 bridgehead atoms. The van der Waals surface area contributed by atoms with E-state index in [1.165, 1.54) is 11.1 Å². The maximum Gasteiger partial charge on any atom is 0.259 e. The molecule has 2 aliphatic rings. The van der Waals surface area contributed by atoms with Gasteiger partial charge in [0.25, 0.3) is 5.91 Å². The Hall–Kier alpha value is -2.66. The maximum absolute atomic E-state index is 13.4. The molecule has 1 spiro atoms. The third-order valence-corrected chi connectivity index (χ3v) is 6.80. The molecule has 1 heterocycles. The summed E-state index contributed by atoms with van der Waals surface area (Å²) in [6.07, 6.45) is 6.84. The number of amides is 1. The molecule has 2 aromatic carbocycles. The van der Waals surface area contributed by atoms with E-state index < -0.39 is 0 Å². The number of aryl methyl sites for hydroxylation is 2. The highest BCUT2D eigenvalue weighted by molar-refractivity contribution is 6.19. The number of ether oxygens (including phenoxy) is 1. The molecule has 32 heavy (non-hydrogen) atoms. The number of carbonyl (C=O) groups is 1. The Kier molecular flexibility index (Phi) is 6.38. The van der Waals surface area contributed by atoms with Gasteiger partial charge in [-0.2, -0.15) is 10.1 Å². The van der Waals surface area contributed by atoms with Crippen LogP contribution in [0.25, 0.3) is 0 Å². The smallest absolute Gasteiger partial charge is 0.259 e. The summed E-state index contributed by atoms with van der Waals surface area (Å²) in [4.78, 5) is 13.4. The average Bonchev–Trinajstić information content (AvgIpc) is 3.37.